The van der Waals surface area contributed by atoms with Crippen LogP contribution < -0.4 is 10.6 Å². The number of ketones is 1. The van der Waals surface area contributed by atoms with Crippen molar-refractivity contribution in [3.63, 3.8) is 0 Å². The Kier molecular flexibility index (Phi) is 6.93. The third-order valence-corrected chi connectivity index (χ3v) is 3.83. The number of carbonyl (C=O) groups is 3. The Balaban J connectivity index is 1.95. The normalized spacial score (nSPS) is 12.0. The SMILES string of the molecule is C[C@@H](CNC(=O)OC(C)(C)C)C(=O)Nc1cccc(C(=O)c2ccccc2)c1. The van der Waals surface area contributed by atoms with E-state index in [-0.39, 0.29) is 18.2 Å². The van der Waals surface area contributed by atoms with Crippen molar-refractivity contribution in [2.45, 2.75) is 33.3 Å². The minimum Gasteiger partial charge on any atom is -0.444 e. The van der Waals surface area contributed by atoms with E-state index in [4.69, 9.17) is 4.74 Å². The summed E-state index contributed by atoms with van der Waals surface area (Å²) in [6.45, 7) is 7.15. The van der Waals surface area contributed by atoms with E-state index in [1.54, 1.807) is 76.2 Å². The first kappa shape index (κ1) is 21.2. The number of alkyl carbamates (subject to hydrolysis) is 1. The molecule has 0 aliphatic heterocycles. The van der Waals surface area contributed by atoms with E-state index < -0.39 is 17.6 Å². The van der Waals surface area contributed by atoms with Gasteiger partial charge in [-0.05, 0) is 32.9 Å². The quantitative estimate of drug-likeness (QED) is 0.739. The van der Waals surface area contributed by atoms with Gasteiger partial charge in [-0.25, -0.2) is 4.79 Å². The van der Waals surface area contributed by atoms with Crippen LogP contribution in [-0.2, 0) is 9.53 Å². The third kappa shape index (κ3) is 6.54. The largest absolute Gasteiger partial charge is 0.444 e. The van der Waals surface area contributed by atoms with E-state index in [9.17, 15) is 14.4 Å². The van der Waals surface area contributed by atoms with Crippen molar-refractivity contribution in [2.24, 2.45) is 5.92 Å². The number of nitrogens with one attached hydrogen (secondary N) is 2. The average molecular weight is 382 g/mol. The highest BCUT2D eigenvalue weighted by molar-refractivity contribution is 6.09. The van der Waals surface area contributed by atoms with Crippen LogP contribution in [0.3, 0.4) is 0 Å². The van der Waals surface area contributed by atoms with Crippen molar-refractivity contribution < 1.29 is 19.1 Å². The van der Waals surface area contributed by atoms with Gasteiger partial charge in [0.25, 0.3) is 0 Å². The second kappa shape index (κ2) is 9.17. The van der Waals surface area contributed by atoms with Crippen molar-refractivity contribution in [1.82, 2.24) is 5.32 Å². The molecular weight excluding hydrogens is 356 g/mol. The summed E-state index contributed by atoms with van der Waals surface area (Å²) in [7, 11) is 0. The van der Waals surface area contributed by atoms with Gasteiger partial charge in [-0.1, -0.05) is 49.4 Å². The maximum absolute atomic E-state index is 12.5. The molecule has 0 saturated carbocycles. The molecule has 6 nitrogen and oxygen atoms in total. The van der Waals surface area contributed by atoms with Gasteiger partial charge in [0.05, 0.1) is 5.92 Å². The zero-order chi connectivity index (χ0) is 20.7. The van der Waals surface area contributed by atoms with Gasteiger partial charge in [0.2, 0.25) is 5.91 Å². The topological polar surface area (TPSA) is 84.5 Å². The van der Waals surface area contributed by atoms with E-state index in [1.807, 2.05) is 6.07 Å². The van der Waals surface area contributed by atoms with Gasteiger partial charge in [0, 0.05) is 23.4 Å². The molecule has 2 amide bonds. The van der Waals surface area contributed by atoms with E-state index in [0.29, 0.717) is 16.8 Å². The molecule has 0 bridgehead atoms. The molecule has 0 heterocycles. The summed E-state index contributed by atoms with van der Waals surface area (Å²) in [5, 5.41) is 5.36. The summed E-state index contributed by atoms with van der Waals surface area (Å²) < 4.78 is 5.15. The van der Waals surface area contributed by atoms with Gasteiger partial charge < -0.3 is 15.4 Å². The highest BCUT2D eigenvalue weighted by Crippen LogP contribution is 2.16. The number of rotatable bonds is 6. The number of ether oxygens (including phenoxy) is 1. The van der Waals surface area contributed by atoms with E-state index in [2.05, 4.69) is 10.6 Å². The van der Waals surface area contributed by atoms with Crippen molar-refractivity contribution in [3.05, 3.63) is 65.7 Å². The lowest BCUT2D eigenvalue weighted by molar-refractivity contribution is -0.119. The molecule has 2 aromatic carbocycles. The Bertz CT molecular complexity index is 841. The van der Waals surface area contributed by atoms with Gasteiger partial charge in [-0.3, -0.25) is 9.59 Å². The van der Waals surface area contributed by atoms with Gasteiger partial charge in [-0.2, -0.15) is 0 Å². The molecule has 2 aromatic rings. The summed E-state index contributed by atoms with van der Waals surface area (Å²) >= 11 is 0. The van der Waals surface area contributed by atoms with E-state index in [0.717, 1.165) is 0 Å². The van der Waals surface area contributed by atoms with Crippen LogP contribution in [-0.4, -0.2) is 29.9 Å². The Morgan fingerprint density at radius 3 is 2.25 bits per heavy atom. The van der Waals surface area contributed by atoms with Crippen LogP contribution in [0.2, 0.25) is 0 Å². The molecule has 6 heteroatoms. The van der Waals surface area contributed by atoms with E-state index in [1.165, 1.54) is 0 Å². The van der Waals surface area contributed by atoms with Crippen molar-refractivity contribution in [3.8, 4) is 0 Å². The zero-order valence-corrected chi connectivity index (χ0v) is 16.6. The molecule has 0 unspecified atom stereocenters. The fourth-order valence-electron chi connectivity index (χ4n) is 2.40. The Labute approximate surface area is 165 Å². The van der Waals surface area contributed by atoms with Crippen LogP contribution in [0.25, 0.3) is 0 Å². The average Bonchev–Trinajstić information content (AvgIpc) is 2.65. The highest BCUT2D eigenvalue weighted by Gasteiger charge is 2.19. The Hall–Kier alpha value is -3.15. The van der Waals surface area contributed by atoms with Crippen LogP contribution in [0.5, 0.6) is 0 Å². The Morgan fingerprint density at radius 1 is 0.964 bits per heavy atom. The summed E-state index contributed by atoms with van der Waals surface area (Å²) in [6.07, 6.45) is -0.567. The van der Waals surface area contributed by atoms with Crippen LogP contribution in [0.4, 0.5) is 10.5 Å². The first-order chi connectivity index (χ1) is 13.2. The predicted molar refractivity (Wildman–Crippen MR) is 108 cm³/mol. The highest BCUT2D eigenvalue weighted by atomic mass is 16.6. The lowest BCUT2D eigenvalue weighted by Crippen LogP contribution is -2.37. The molecule has 0 fully saturated rings. The molecule has 0 aliphatic carbocycles. The number of carbonyl (C=O) groups excluding carboxylic acids is 3. The molecule has 0 radical (unpaired) electrons. The minimum absolute atomic E-state index is 0.115. The fourth-order valence-corrected chi connectivity index (χ4v) is 2.40. The second-order valence-corrected chi connectivity index (χ2v) is 7.55. The van der Waals surface area contributed by atoms with Gasteiger partial charge in [-0.15, -0.1) is 0 Å². The Morgan fingerprint density at radius 2 is 1.61 bits per heavy atom. The molecule has 2 rings (SSSR count). The molecule has 0 saturated heterocycles. The van der Waals surface area contributed by atoms with Crippen LogP contribution in [0, 0.1) is 5.92 Å². The van der Waals surface area contributed by atoms with E-state index >= 15 is 0 Å². The molecule has 0 spiro atoms. The maximum Gasteiger partial charge on any atom is 0.407 e. The van der Waals surface area contributed by atoms with Gasteiger partial charge in [0.1, 0.15) is 5.60 Å². The van der Waals surface area contributed by atoms with Crippen molar-refractivity contribution in [1.29, 1.82) is 0 Å². The first-order valence-electron chi connectivity index (χ1n) is 9.13. The number of benzene rings is 2. The number of anilines is 1. The lowest BCUT2D eigenvalue weighted by Gasteiger charge is -2.20. The first-order valence-corrected chi connectivity index (χ1v) is 9.13. The predicted octanol–water partition coefficient (Wildman–Crippen LogP) is 4.02. The minimum atomic E-state index is -0.596. The summed E-state index contributed by atoms with van der Waals surface area (Å²) in [4.78, 5) is 36.6. The smallest absolute Gasteiger partial charge is 0.407 e. The van der Waals surface area contributed by atoms with Gasteiger partial charge >= 0.3 is 6.09 Å². The van der Waals surface area contributed by atoms with Gasteiger partial charge in [0.15, 0.2) is 5.78 Å². The number of hydrogen-bond donors (Lipinski definition) is 2. The van der Waals surface area contributed by atoms with Crippen LogP contribution in [0.1, 0.15) is 43.6 Å². The summed E-state index contributed by atoms with van der Waals surface area (Å²) in [6, 6.07) is 15.7. The van der Waals surface area contributed by atoms with Crippen molar-refractivity contribution in [2.75, 3.05) is 11.9 Å². The third-order valence-electron chi connectivity index (χ3n) is 3.83. The molecule has 28 heavy (non-hydrogen) atoms. The molecule has 0 aliphatic rings. The summed E-state index contributed by atoms with van der Waals surface area (Å²) in [5.41, 5.74) is 1.00. The van der Waals surface area contributed by atoms with Crippen LogP contribution >= 0.6 is 0 Å². The van der Waals surface area contributed by atoms with Crippen molar-refractivity contribution >= 4 is 23.5 Å². The molecule has 1 atom stereocenters. The monoisotopic (exact) mass is 382 g/mol. The molecule has 2 N–H and O–H groups in total. The fraction of sp³-hybridized carbons (Fsp3) is 0.318. The number of hydrogen-bond acceptors (Lipinski definition) is 4. The summed E-state index contributed by atoms with van der Waals surface area (Å²) in [5.74, 6) is -0.849. The lowest BCUT2D eigenvalue weighted by atomic mass is 10.0. The van der Waals surface area contributed by atoms with Crippen LogP contribution in [0.15, 0.2) is 54.6 Å². The standard InChI is InChI=1S/C22H26N2O4/c1-15(14-23-21(27)28-22(2,3)4)20(26)24-18-12-8-11-17(13-18)19(25)16-9-6-5-7-10-16/h5-13,15H,14H2,1-4H3,(H,23,27)(H,24,26)/t15-/m0/s1. The molecular formula is C22H26N2O4. The maximum atomic E-state index is 12.5. The second-order valence-electron chi connectivity index (χ2n) is 7.55. The zero-order valence-electron chi connectivity index (χ0n) is 16.6. The molecule has 0 aromatic heterocycles. The number of amides is 2. The molecule has 148 valence electrons.